The maximum absolute atomic E-state index is 15.2. The summed E-state index contributed by atoms with van der Waals surface area (Å²) in [6.07, 6.45) is -12.4. The molecule has 0 bridgehead atoms. The van der Waals surface area contributed by atoms with E-state index in [9.17, 15) is 45.4 Å². The number of nitrogens with zero attached hydrogens (tertiary/aromatic N) is 1. The average molecular weight is 671 g/mol. The highest BCUT2D eigenvalue weighted by molar-refractivity contribution is 5.99. The van der Waals surface area contributed by atoms with E-state index in [1.807, 2.05) is 20.8 Å². The largest absolute Gasteiger partial charge is 0.416 e. The van der Waals surface area contributed by atoms with Crippen LogP contribution in [0.2, 0.25) is 0 Å². The number of halogens is 8. The smallest absolute Gasteiger partial charge is 0.374 e. The fourth-order valence-corrected chi connectivity index (χ4v) is 5.66. The van der Waals surface area contributed by atoms with Crippen LogP contribution in [-0.4, -0.2) is 40.8 Å². The number of benzene rings is 3. The molecule has 0 aliphatic carbocycles. The molecule has 0 aromatic heterocycles. The van der Waals surface area contributed by atoms with Crippen molar-refractivity contribution in [3.05, 3.63) is 105 Å². The van der Waals surface area contributed by atoms with Crippen molar-refractivity contribution in [3.8, 4) is 0 Å². The number of hydrogen-bond acceptors (Lipinski definition) is 4. The molecule has 4 rings (SSSR count). The molecule has 3 unspecified atom stereocenters. The monoisotopic (exact) mass is 670 g/mol. The van der Waals surface area contributed by atoms with Gasteiger partial charge in [0, 0.05) is 30.1 Å². The molecule has 5 nitrogen and oxygen atoms in total. The van der Waals surface area contributed by atoms with E-state index in [1.165, 1.54) is 29.2 Å². The van der Waals surface area contributed by atoms with E-state index in [0.29, 0.717) is 28.8 Å². The number of likely N-dealkylation sites (tertiary alicyclic amines) is 1. The second-order valence-electron chi connectivity index (χ2n) is 12.8. The summed E-state index contributed by atoms with van der Waals surface area (Å²) in [7, 11) is 0. The molecule has 3 aromatic carbocycles. The minimum absolute atomic E-state index is 0.0838. The molecule has 47 heavy (non-hydrogen) atoms. The van der Waals surface area contributed by atoms with Crippen molar-refractivity contribution < 1.29 is 49.8 Å². The molecule has 0 spiro atoms. The van der Waals surface area contributed by atoms with Crippen LogP contribution in [0.15, 0.2) is 54.6 Å². The fraction of sp³-hybridized carbons (Fsp3) is 0.412. The molecule has 3 aromatic rings. The topological polar surface area (TPSA) is 69.6 Å². The van der Waals surface area contributed by atoms with Crippen molar-refractivity contribution in [2.45, 2.75) is 70.6 Å². The fourth-order valence-electron chi connectivity index (χ4n) is 5.66. The minimum atomic E-state index is -5.18. The van der Waals surface area contributed by atoms with Crippen molar-refractivity contribution in [3.63, 3.8) is 0 Å². The van der Waals surface area contributed by atoms with Crippen LogP contribution in [0.5, 0.6) is 0 Å². The van der Waals surface area contributed by atoms with Gasteiger partial charge in [-0.3, -0.25) is 14.5 Å². The lowest BCUT2D eigenvalue weighted by atomic mass is 9.83. The number of amides is 1. The normalized spacial score (nSPS) is 18.6. The van der Waals surface area contributed by atoms with Gasteiger partial charge < -0.3 is 10.4 Å². The third-order valence-electron chi connectivity index (χ3n) is 8.35. The lowest BCUT2D eigenvalue weighted by Gasteiger charge is -2.40. The first-order valence-electron chi connectivity index (χ1n) is 14.8. The Labute approximate surface area is 266 Å². The van der Waals surface area contributed by atoms with E-state index in [0.717, 1.165) is 6.07 Å². The van der Waals surface area contributed by atoms with Gasteiger partial charge in [-0.15, -0.1) is 0 Å². The zero-order valence-corrected chi connectivity index (χ0v) is 26.0. The number of aliphatic hydroxyl groups is 1. The molecule has 0 saturated carbocycles. The molecule has 254 valence electrons. The van der Waals surface area contributed by atoms with Gasteiger partial charge in [0.05, 0.1) is 23.6 Å². The number of carbonyl (C=O) groups excluding carboxylic acids is 2. The molecule has 13 heteroatoms. The van der Waals surface area contributed by atoms with Gasteiger partial charge in [0.1, 0.15) is 17.9 Å². The Bertz CT molecular complexity index is 1610. The molecular formula is C34H34F8N2O3. The van der Waals surface area contributed by atoms with Gasteiger partial charge in [0.15, 0.2) is 5.78 Å². The van der Waals surface area contributed by atoms with Gasteiger partial charge in [-0.05, 0) is 71.8 Å². The average Bonchev–Trinajstić information content (AvgIpc) is 2.96. The molecule has 1 aliphatic rings. The summed E-state index contributed by atoms with van der Waals surface area (Å²) in [5.74, 6) is -4.27. The molecule has 0 radical (unpaired) electrons. The molecule has 1 saturated heterocycles. The number of hydrogen-bond donors (Lipinski definition) is 2. The molecule has 3 atom stereocenters. The Balaban J connectivity index is 1.67. The Morgan fingerprint density at radius 2 is 1.51 bits per heavy atom. The highest BCUT2D eigenvalue weighted by Crippen LogP contribution is 2.38. The number of carbonyl (C=O) groups is 2. The summed E-state index contributed by atoms with van der Waals surface area (Å²) < 4.78 is 110. The third kappa shape index (κ3) is 8.55. The molecule has 1 amide bonds. The lowest BCUT2D eigenvalue weighted by Crippen LogP contribution is -2.55. The van der Waals surface area contributed by atoms with Crippen LogP contribution in [-0.2, 0) is 29.0 Å². The molecule has 1 heterocycles. The van der Waals surface area contributed by atoms with Crippen LogP contribution in [0, 0.1) is 24.5 Å². The Morgan fingerprint density at radius 3 is 2.04 bits per heavy atom. The van der Waals surface area contributed by atoms with Crippen molar-refractivity contribution in [1.82, 2.24) is 10.2 Å². The quantitative estimate of drug-likeness (QED) is 0.202. The van der Waals surface area contributed by atoms with Crippen LogP contribution in [0.1, 0.15) is 77.2 Å². The Morgan fingerprint density at radius 1 is 0.894 bits per heavy atom. The first kappa shape index (κ1) is 36.0. The van der Waals surface area contributed by atoms with E-state index < -0.39 is 76.0 Å². The maximum atomic E-state index is 15.2. The molecule has 1 aliphatic heterocycles. The van der Waals surface area contributed by atoms with E-state index >= 15 is 4.39 Å². The summed E-state index contributed by atoms with van der Waals surface area (Å²) in [4.78, 5) is 28.2. The van der Waals surface area contributed by atoms with E-state index in [4.69, 9.17) is 0 Å². The number of nitrogens with one attached hydrogen (secondary N) is 1. The predicted molar refractivity (Wildman–Crippen MR) is 157 cm³/mol. The third-order valence-corrected chi connectivity index (χ3v) is 8.35. The summed E-state index contributed by atoms with van der Waals surface area (Å²) in [5.41, 5.74) is -3.10. The van der Waals surface area contributed by atoms with Gasteiger partial charge in [-0.2, -0.15) is 26.3 Å². The SMILES string of the molecule is Cc1cc(F)ccc1CC(=O)NC1CN(C(O)c2ccc(C(C)(C)C)cc2F)CCC1C(=O)c1cc(C(F)(F)F)cc(C(F)(F)F)c1. The van der Waals surface area contributed by atoms with Crippen molar-refractivity contribution in [2.24, 2.45) is 5.92 Å². The number of rotatable bonds is 7. The number of piperidine rings is 1. The van der Waals surface area contributed by atoms with Crippen LogP contribution < -0.4 is 5.32 Å². The summed E-state index contributed by atoms with van der Waals surface area (Å²) in [5, 5.41) is 13.8. The van der Waals surface area contributed by atoms with Crippen LogP contribution in [0.4, 0.5) is 35.1 Å². The van der Waals surface area contributed by atoms with E-state index in [2.05, 4.69) is 5.32 Å². The number of alkyl halides is 6. The van der Waals surface area contributed by atoms with Crippen LogP contribution in [0.3, 0.4) is 0 Å². The van der Waals surface area contributed by atoms with Gasteiger partial charge in [-0.25, -0.2) is 8.78 Å². The predicted octanol–water partition coefficient (Wildman–Crippen LogP) is 7.53. The summed E-state index contributed by atoms with van der Waals surface area (Å²) >= 11 is 0. The summed E-state index contributed by atoms with van der Waals surface area (Å²) in [6.45, 7) is 6.80. The number of ketones is 1. The standard InChI is InChI=1S/C34H34F8N2O3/c1-18-11-24(35)7-5-19(18)14-29(45)43-28-17-44(31(47)25-8-6-21(16-27(25)36)32(2,3)4)10-9-26(28)30(46)20-12-22(33(37,38)39)15-23(13-20)34(40,41)42/h5-8,11-13,15-16,26,28,31,47H,9-10,14,17H2,1-4H3,(H,43,45). The summed E-state index contributed by atoms with van der Waals surface area (Å²) in [6, 6.07) is 7.46. The molecule has 2 N–H and O–H groups in total. The first-order valence-corrected chi connectivity index (χ1v) is 14.8. The second kappa shape index (κ2) is 13.3. The second-order valence-corrected chi connectivity index (χ2v) is 12.8. The van der Waals surface area contributed by atoms with Crippen molar-refractivity contribution >= 4 is 11.7 Å². The molecular weight excluding hydrogens is 636 g/mol. The van der Waals surface area contributed by atoms with Gasteiger partial charge in [-0.1, -0.05) is 39.0 Å². The van der Waals surface area contributed by atoms with Gasteiger partial charge in [0.25, 0.3) is 0 Å². The van der Waals surface area contributed by atoms with Crippen molar-refractivity contribution in [2.75, 3.05) is 13.1 Å². The zero-order chi connectivity index (χ0) is 35.1. The van der Waals surface area contributed by atoms with Crippen molar-refractivity contribution in [1.29, 1.82) is 0 Å². The van der Waals surface area contributed by atoms with Crippen LogP contribution >= 0.6 is 0 Å². The molecule has 1 fully saturated rings. The zero-order valence-electron chi connectivity index (χ0n) is 26.0. The Kier molecular flexibility index (Phi) is 10.2. The first-order chi connectivity index (χ1) is 21.6. The Hall–Kier alpha value is -3.84. The van der Waals surface area contributed by atoms with Gasteiger partial charge in [0.2, 0.25) is 5.91 Å². The number of aliphatic hydroxyl groups excluding tert-OH is 1. The lowest BCUT2D eigenvalue weighted by molar-refractivity contribution is -0.143. The highest BCUT2D eigenvalue weighted by atomic mass is 19.4. The van der Waals surface area contributed by atoms with E-state index in [1.54, 1.807) is 13.0 Å². The minimum Gasteiger partial charge on any atom is -0.374 e. The number of Topliss-reactive ketones (excluding diaryl/α,β-unsaturated/α-hetero) is 1. The number of aryl methyl sites for hydroxylation is 1. The van der Waals surface area contributed by atoms with Gasteiger partial charge >= 0.3 is 12.4 Å². The van der Waals surface area contributed by atoms with Crippen LogP contribution in [0.25, 0.3) is 0 Å². The maximum Gasteiger partial charge on any atom is 0.416 e. The highest BCUT2D eigenvalue weighted by Gasteiger charge is 2.41. The van der Waals surface area contributed by atoms with E-state index in [-0.39, 0.29) is 37.6 Å².